The van der Waals surface area contributed by atoms with Gasteiger partial charge in [0.05, 0.1) is 17.4 Å². The van der Waals surface area contributed by atoms with Gasteiger partial charge in [0.1, 0.15) is 16.9 Å². The van der Waals surface area contributed by atoms with Crippen LogP contribution in [0.4, 0.5) is 17.5 Å². The molecule has 0 bridgehead atoms. The molecule has 5 rings (SSSR count). The highest BCUT2D eigenvalue weighted by atomic mass is 16.5. The molecule has 1 aromatic carbocycles. The minimum Gasteiger partial charge on any atom is -0.385 e. The van der Waals surface area contributed by atoms with Gasteiger partial charge >= 0.3 is 0 Å². The minimum atomic E-state index is -0.180. The molecule has 0 unspecified atom stereocenters. The Bertz CT molecular complexity index is 1260. The molecule has 0 saturated carbocycles. The van der Waals surface area contributed by atoms with Gasteiger partial charge in [-0.1, -0.05) is 6.07 Å². The second-order valence-electron chi connectivity index (χ2n) is 8.35. The number of benzene rings is 1. The molecule has 2 aliphatic rings. The number of amides is 1. The fraction of sp³-hybridized carbons (Fsp3) is 0.435. The lowest BCUT2D eigenvalue weighted by Gasteiger charge is -2.27. The van der Waals surface area contributed by atoms with Gasteiger partial charge in [-0.2, -0.15) is 4.98 Å². The topological polar surface area (TPSA) is 105 Å². The molecule has 1 N–H and O–H groups in total. The molecule has 0 aliphatic carbocycles. The second-order valence-corrected chi connectivity index (χ2v) is 8.35. The highest BCUT2D eigenvalue weighted by Crippen LogP contribution is 2.35. The Morgan fingerprint density at radius 2 is 2.12 bits per heavy atom. The zero-order valence-corrected chi connectivity index (χ0v) is 18.8. The first-order chi connectivity index (χ1) is 16.1. The van der Waals surface area contributed by atoms with Crippen molar-refractivity contribution in [3.8, 4) is 0 Å². The molecule has 4 heterocycles. The van der Waals surface area contributed by atoms with Gasteiger partial charge in [0.15, 0.2) is 0 Å². The zero-order chi connectivity index (χ0) is 22.9. The van der Waals surface area contributed by atoms with Crippen molar-refractivity contribution < 1.29 is 9.53 Å². The van der Waals surface area contributed by atoms with Gasteiger partial charge < -0.3 is 19.9 Å². The third kappa shape index (κ3) is 3.70. The van der Waals surface area contributed by atoms with E-state index >= 15 is 0 Å². The number of para-hydroxylation sites is 1. The molecule has 2 aliphatic heterocycles. The van der Waals surface area contributed by atoms with Crippen LogP contribution in [-0.4, -0.2) is 65.3 Å². The standard InChI is InChI=1S/C23H27N7O3/c1-24-23-25-12-17-20(27-23)29-10-4-6-15(29)13-30(22(17)32)18-8-3-7-16-19(18)26-14-28(21(16)31)9-5-11-33-2/h3,7-8,12,14-15H,4-6,9-11,13H2,1-2H3,(H,24,25,27)/t15-/m0/s1. The molecule has 1 saturated heterocycles. The number of aryl methyl sites for hydroxylation is 1. The molecule has 10 heteroatoms. The summed E-state index contributed by atoms with van der Waals surface area (Å²) in [6, 6.07) is 5.57. The van der Waals surface area contributed by atoms with Crippen molar-refractivity contribution in [3.63, 3.8) is 0 Å². The predicted molar refractivity (Wildman–Crippen MR) is 126 cm³/mol. The number of methoxy groups -OCH3 is 1. The summed E-state index contributed by atoms with van der Waals surface area (Å²) in [5, 5.41) is 3.46. The molecular weight excluding hydrogens is 422 g/mol. The molecule has 1 atom stereocenters. The summed E-state index contributed by atoms with van der Waals surface area (Å²) < 4.78 is 6.69. The fourth-order valence-corrected chi connectivity index (χ4v) is 4.74. The maximum atomic E-state index is 13.7. The van der Waals surface area contributed by atoms with Crippen molar-refractivity contribution in [1.29, 1.82) is 0 Å². The number of ether oxygens (including phenoxy) is 1. The molecule has 0 radical (unpaired) electrons. The van der Waals surface area contributed by atoms with Gasteiger partial charge in [0.2, 0.25) is 5.95 Å². The summed E-state index contributed by atoms with van der Waals surface area (Å²) in [6.45, 7) is 2.44. The summed E-state index contributed by atoms with van der Waals surface area (Å²) in [6.07, 6.45) is 5.87. The Kier molecular flexibility index (Phi) is 5.67. The van der Waals surface area contributed by atoms with E-state index in [0.717, 1.165) is 25.8 Å². The molecule has 33 heavy (non-hydrogen) atoms. The van der Waals surface area contributed by atoms with Crippen molar-refractivity contribution in [2.75, 3.05) is 49.0 Å². The third-order valence-electron chi connectivity index (χ3n) is 6.38. The fourth-order valence-electron chi connectivity index (χ4n) is 4.74. The number of hydrogen-bond donors (Lipinski definition) is 1. The summed E-state index contributed by atoms with van der Waals surface area (Å²) in [5.74, 6) is 0.972. The van der Waals surface area contributed by atoms with Crippen LogP contribution in [0.2, 0.25) is 0 Å². The maximum Gasteiger partial charge on any atom is 0.263 e. The molecule has 10 nitrogen and oxygen atoms in total. The van der Waals surface area contributed by atoms with E-state index in [1.807, 2.05) is 12.1 Å². The monoisotopic (exact) mass is 449 g/mol. The second kappa shape index (κ2) is 8.78. The van der Waals surface area contributed by atoms with Gasteiger partial charge in [-0.25, -0.2) is 9.97 Å². The highest BCUT2D eigenvalue weighted by molar-refractivity contribution is 6.13. The number of carbonyl (C=O) groups excluding carboxylic acids is 1. The smallest absolute Gasteiger partial charge is 0.263 e. The molecule has 1 fully saturated rings. The van der Waals surface area contributed by atoms with Crippen molar-refractivity contribution >= 4 is 34.3 Å². The maximum absolute atomic E-state index is 13.7. The van der Waals surface area contributed by atoms with Crippen molar-refractivity contribution in [1.82, 2.24) is 19.5 Å². The van der Waals surface area contributed by atoms with Crippen LogP contribution in [0.1, 0.15) is 29.6 Å². The van der Waals surface area contributed by atoms with Gasteiger partial charge in [-0.15, -0.1) is 0 Å². The first-order valence-electron chi connectivity index (χ1n) is 11.2. The number of nitrogens with zero attached hydrogens (tertiary/aromatic N) is 6. The van der Waals surface area contributed by atoms with E-state index in [9.17, 15) is 9.59 Å². The van der Waals surface area contributed by atoms with E-state index in [1.54, 1.807) is 42.2 Å². The van der Waals surface area contributed by atoms with E-state index in [0.29, 0.717) is 53.6 Å². The Hall–Kier alpha value is -3.53. The molecule has 0 spiro atoms. The average Bonchev–Trinajstić information content (AvgIpc) is 3.27. The summed E-state index contributed by atoms with van der Waals surface area (Å²) in [7, 11) is 3.40. The molecular formula is C23H27N7O3. The number of carbonyl (C=O) groups is 1. The van der Waals surface area contributed by atoms with Crippen LogP contribution in [0.25, 0.3) is 10.9 Å². The normalized spacial score (nSPS) is 17.8. The highest BCUT2D eigenvalue weighted by Gasteiger charge is 2.38. The molecule has 1 amide bonds. The minimum absolute atomic E-state index is 0.120. The Morgan fingerprint density at radius 1 is 1.24 bits per heavy atom. The van der Waals surface area contributed by atoms with Crippen LogP contribution in [0.5, 0.6) is 0 Å². The van der Waals surface area contributed by atoms with Gasteiger partial charge in [0.25, 0.3) is 11.5 Å². The first-order valence-corrected chi connectivity index (χ1v) is 11.2. The van der Waals surface area contributed by atoms with Gasteiger partial charge in [-0.05, 0) is 31.4 Å². The lowest BCUT2D eigenvalue weighted by Crippen LogP contribution is -2.40. The number of nitrogens with one attached hydrogen (secondary N) is 1. The van der Waals surface area contributed by atoms with E-state index in [2.05, 4.69) is 25.2 Å². The number of rotatable bonds is 6. The van der Waals surface area contributed by atoms with Gasteiger partial charge in [0, 0.05) is 52.6 Å². The summed E-state index contributed by atoms with van der Waals surface area (Å²) >= 11 is 0. The van der Waals surface area contributed by atoms with Crippen LogP contribution >= 0.6 is 0 Å². The van der Waals surface area contributed by atoms with E-state index in [-0.39, 0.29) is 17.5 Å². The quantitative estimate of drug-likeness (QED) is 0.569. The van der Waals surface area contributed by atoms with Gasteiger partial charge in [-0.3, -0.25) is 14.2 Å². The Balaban J connectivity index is 1.59. The predicted octanol–water partition coefficient (Wildman–Crippen LogP) is 1.89. The van der Waals surface area contributed by atoms with Crippen LogP contribution in [0, 0.1) is 0 Å². The number of aromatic nitrogens is 4. The van der Waals surface area contributed by atoms with Crippen molar-refractivity contribution in [2.45, 2.75) is 31.8 Å². The molecule has 172 valence electrons. The third-order valence-corrected chi connectivity index (χ3v) is 6.38. The van der Waals surface area contributed by atoms with E-state index in [4.69, 9.17) is 4.74 Å². The van der Waals surface area contributed by atoms with Crippen LogP contribution in [-0.2, 0) is 11.3 Å². The molecule has 3 aromatic rings. The Morgan fingerprint density at radius 3 is 2.94 bits per heavy atom. The largest absolute Gasteiger partial charge is 0.385 e. The van der Waals surface area contributed by atoms with E-state index in [1.165, 1.54) is 0 Å². The summed E-state index contributed by atoms with van der Waals surface area (Å²) in [4.78, 5) is 44.3. The number of hydrogen-bond acceptors (Lipinski definition) is 8. The van der Waals surface area contributed by atoms with Crippen LogP contribution < -0.4 is 20.7 Å². The first kappa shape index (κ1) is 21.3. The SMILES string of the molecule is CNc1ncc2c(n1)N1CCC[C@H]1CN(c1cccc3c(=O)n(CCCOC)cnc13)C2=O. The Labute approximate surface area is 191 Å². The van der Waals surface area contributed by atoms with Crippen molar-refractivity contribution in [3.05, 3.63) is 46.6 Å². The average molecular weight is 450 g/mol. The lowest BCUT2D eigenvalue weighted by molar-refractivity contribution is 0.0988. The van der Waals surface area contributed by atoms with Crippen molar-refractivity contribution in [2.24, 2.45) is 0 Å². The number of fused-ring (bicyclic) bond motifs is 4. The zero-order valence-electron chi connectivity index (χ0n) is 18.8. The van der Waals surface area contributed by atoms with Crippen LogP contribution in [0.3, 0.4) is 0 Å². The summed E-state index contributed by atoms with van der Waals surface area (Å²) in [5.41, 5.74) is 1.50. The lowest BCUT2D eigenvalue weighted by atomic mass is 10.1. The van der Waals surface area contributed by atoms with Crippen LogP contribution in [0.15, 0.2) is 35.5 Å². The molecule has 2 aromatic heterocycles. The van der Waals surface area contributed by atoms with E-state index < -0.39 is 0 Å². The number of anilines is 3.